The number of rotatable bonds is 3. The SMILES string of the molecule is [CH2]C(CO)c1cc(Cl)c(OC)c(Cl)c1. The van der Waals surface area contributed by atoms with Crippen molar-refractivity contribution < 1.29 is 9.84 Å². The van der Waals surface area contributed by atoms with E-state index < -0.39 is 0 Å². The van der Waals surface area contributed by atoms with Crippen molar-refractivity contribution >= 4 is 23.2 Å². The molecular weight excluding hydrogens is 223 g/mol. The molecule has 77 valence electrons. The molecule has 0 aliphatic rings. The van der Waals surface area contributed by atoms with E-state index >= 15 is 0 Å². The third-order valence-electron chi connectivity index (χ3n) is 1.92. The number of aliphatic hydroxyl groups excluding tert-OH is 1. The molecule has 0 aliphatic heterocycles. The number of ether oxygens (including phenoxy) is 1. The van der Waals surface area contributed by atoms with E-state index in [1.165, 1.54) is 7.11 Å². The highest BCUT2D eigenvalue weighted by Gasteiger charge is 2.11. The molecular formula is C10H11Cl2O2. The molecule has 4 heteroatoms. The van der Waals surface area contributed by atoms with Gasteiger partial charge in [-0.15, -0.1) is 0 Å². The van der Waals surface area contributed by atoms with Gasteiger partial charge in [-0.05, 0) is 24.6 Å². The quantitative estimate of drug-likeness (QED) is 0.871. The maximum atomic E-state index is 8.92. The Morgan fingerprint density at radius 2 is 1.93 bits per heavy atom. The highest BCUT2D eigenvalue weighted by molar-refractivity contribution is 6.37. The predicted molar refractivity (Wildman–Crippen MR) is 58.2 cm³/mol. The van der Waals surface area contributed by atoms with Crippen LogP contribution in [0.1, 0.15) is 11.5 Å². The Morgan fingerprint density at radius 1 is 1.43 bits per heavy atom. The second-order valence-corrected chi connectivity index (χ2v) is 3.71. The van der Waals surface area contributed by atoms with Gasteiger partial charge in [0.15, 0.2) is 5.75 Å². The lowest BCUT2D eigenvalue weighted by Gasteiger charge is -2.12. The monoisotopic (exact) mass is 233 g/mol. The molecule has 0 aliphatic carbocycles. The van der Waals surface area contributed by atoms with Crippen molar-refractivity contribution in [3.05, 3.63) is 34.7 Å². The molecule has 1 aromatic carbocycles. The summed E-state index contributed by atoms with van der Waals surface area (Å²) in [6, 6.07) is 3.39. The molecule has 1 atom stereocenters. The van der Waals surface area contributed by atoms with Gasteiger partial charge in [-0.25, -0.2) is 0 Å². The largest absolute Gasteiger partial charge is 0.494 e. The Balaban J connectivity index is 3.13. The highest BCUT2D eigenvalue weighted by Crippen LogP contribution is 2.35. The molecule has 1 rings (SSSR count). The summed E-state index contributed by atoms with van der Waals surface area (Å²) in [6.07, 6.45) is 0. The van der Waals surface area contributed by atoms with E-state index in [-0.39, 0.29) is 12.5 Å². The molecule has 0 amide bonds. The van der Waals surface area contributed by atoms with Crippen molar-refractivity contribution in [1.29, 1.82) is 0 Å². The van der Waals surface area contributed by atoms with Gasteiger partial charge in [0.25, 0.3) is 0 Å². The number of hydrogen-bond acceptors (Lipinski definition) is 2. The number of benzene rings is 1. The summed E-state index contributed by atoms with van der Waals surface area (Å²) in [7, 11) is 1.50. The van der Waals surface area contributed by atoms with Gasteiger partial charge in [-0.1, -0.05) is 23.2 Å². The van der Waals surface area contributed by atoms with Gasteiger partial charge < -0.3 is 9.84 Å². The molecule has 14 heavy (non-hydrogen) atoms. The molecule has 1 aromatic rings. The first-order chi connectivity index (χ1) is 6.60. The fourth-order valence-electron chi connectivity index (χ4n) is 1.12. The Morgan fingerprint density at radius 3 is 2.29 bits per heavy atom. The summed E-state index contributed by atoms with van der Waals surface area (Å²) >= 11 is 11.8. The maximum absolute atomic E-state index is 8.92. The zero-order valence-electron chi connectivity index (χ0n) is 7.76. The highest BCUT2D eigenvalue weighted by atomic mass is 35.5. The minimum atomic E-state index is -0.226. The summed E-state index contributed by atoms with van der Waals surface area (Å²) in [5, 5.41) is 9.77. The van der Waals surface area contributed by atoms with Crippen LogP contribution < -0.4 is 4.74 Å². The number of hydrogen-bond donors (Lipinski definition) is 1. The van der Waals surface area contributed by atoms with Crippen LogP contribution in [0.25, 0.3) is 0 Å². The summed E-state index contributed by atoms with van der Waals surface area (Å²) in [6.45, 7) is 3.71. The summed E-state index contributed by atoms with van der Waals surface area (Å²) < 4.78 is 5.00. The molecule has 0 saturated heterocycles. The average Bonchev–Trinajstić information content (AvgIpc) is 2.16. The summed E-state index contributed by atoms with van der Waals surface area (Å²) in [4.78, 5) is 0. The van der Waals surface area contributed by atoms with Gasteiger partial charge >= 0.3 is 0 Å². The van der Waals surface area contributed by atoms with Gasteiger partial charge in [0.2, 0.25) is 0 Å². The van der Waals surface area contributed by atoms with E-state index in [2.05, 4.69) is 6.92 Å². The van der Waals surface area contributed by atoms with Crippen LogP contribution in [-0.2, 0) is 0 Å². The zero-order chi connectivity index (χ0) is 10.7. The molecule has 0 bridgehead atoms. The van der Waals surface area contributed by atoms with E-state index in [1.807, 2.05) is 0 Å². The first-order valence-electron chi connectivity index (χ1n) is 4.07. The summed E-state index contributed by atoms with van der Waals surface area (Å²) in [5.74, 6) is 0.220. The van der Waals surface area contributed by atoms with E-state index in [9.17, 15) is 0 Å². The second-order valence-electron chi connectivity index (χ2n) is 2.90. The smallest absolute Gasteiger partial charge is 0.156 e. The van der Waals surface area contributed by atoms with Gasteiger partial charge in [-0.3, -0.25) is 0 Å². The lowest BCUT2D eigenvalue weighted by atomic mass is 10.0. The lowest BCUT2D eigenvalue weighted by Crippen LogP contribution is -2.00. The van der Waals surface area contributed by atoms with Crippen LogP contribution in [0.4, 0.5) is 0 Å². The van der Waals surface area contributed by atoms with Crippen molar-refractivity contribution in [1.82, 2.24) is 0 Å². The van der Waals surface area contributed by atoms with Gasteiger partial charge in [0.05, 0.1) is 17.2 Å². The van der Waals surface area contributed by atoms with E-state index in [0.717, 1.165) is 5.56 Å². The Bertz CT molecular complexity index is 303. The van der Waals surface area contributed by atoms with Crippen molar-refractivity contribution in [2.45, 2.75) is 5.92 Å². The summed E-state index contributed by atoms with van der Waals surface area (Å²) in [5.41, 5.74) is 0.795. The van der Waals surface area contributed by atoms with Crippen molar-refractivity contribution in [3.63, 3.8) is 0 Å². The van der Waals surface area contributed by atoms with Gasteiger partial charge in [-0.2, -0.15) is 0 Å². The average molecular weight is 234 g/mol. The molecule has 1 radical (unpaired) electrons. The van der Waals surface area contributed by atoms with E-state index in [1.54, 1.807) is 12.1 Å². The molecule has 0 heterocycles. The maximum Gasteiger partial charge on any atom is 0.156 e. The second kappa shape index (κ2) is 4.87. The van der Waals surface area contributed by atoms with Crippen LogP contribution in [0.15, 0.2) is 12.1 Å². The molecule has 1 unspecified atom stereocenters. The molecule has 0 fully saturated rings. The van der Waals surface area contributed by atoms with E-state index in [0.29, 0.717) is 15.8 Å². The normalized spacial score (nSPS) is 12.6. The third-order valence-corrected chi connectivity index (χ3v) is 2.48. The number of aliphatic hydroxyl groups is 1. The van der Waals surface area contributed by atoms with Crippen LogP contribution in [0, 0.1) is 6.92 Å². The Labute approximate surface area is 93.4 Å². The van der Waals surface area contributed by atoms with Crippen molar-refractivity contribution in [3.8, 4) is 5.75 Å². The number of methoxy groups -OCH3 is 1. The van der Waals surface area contributed by atoms with Crippen LogP contribution >= 0.6 is 23.2 Å². The van der Waals surface area contributed by atoms with Crippen LogP contribution in [0.2, 0.25) is 10.0 Å². The first-order valence-corrected chi connectivity index (χ1v) is 4.82. The molecule has 0 saturated carbocycles. The molecule has 1 N–H and O–H groups in total. The van der Waals surface area contributed by atoms with Crippen molar-refractivity contribution in [2.75, 3.05) is 13.7 Å². The fourth-order valence-corrected chi connectivity index (χ4v) is 1.77. The van der Waals surface area contributed by atoms with Crippen LogP contribution in [-0.4, -0.2) is 18.8 Å². The van der Waals surface area contributed by atoms with E-state index in [4.69, 9.17) is 33.0 Å². The van der Waals surface area contributed by atoms with Crippen LogP contribution in [0.3, 0.4) is 0 Å². The Hall–Kier alpha value is -0.440. The Kier molecular flexibility index (Phi) is 4.05. The molecule has 0 aromatic heterocycles. The third kappa shape index (κ3) is 2.32. The minimum Gasteiger partial charge on any atom is -0.494 e. The fraction of sp³-hybridized carbons (Fsp3) is 0.300. The van der Waals surface area contributed by atoms with Gasteiger partial charge in [0, 0.05) is 12.5 Å². The predicted octanol–water partition coefficient (Wildman–Crippen LogP) is 2.91. The zero-order valence-corrected chi connectivity index (χ0v) is 9.27. The molecule has 2 nitrogen and oxygen atoms in total. The van der Waals surface area contributed by atoms with Gasteiger partial charge in [0.1, 0.15) is 0 Å². The van der Waals surface area contributed by atoms with Crippen molar-refractivity contribution in [2.24, 2.45) is 0 Å². The van der Waals surface area contributed by atoms with Crippen LogP contribution in [0.5, 0.6) is 5.75 Å². The minimum absolute atomic E-state index is 0.0427. The standard InChI is InChI=1S/C10H11Cl2O2/c1-6(5-13)7-3-8(11)10(14-2)9(12)4-7/h3-4,6,13H,1,5H2,2H3. The molecule has 0 spiro atoms. The lowest BCUT2D eigenvalue weighted by molar-refractivity contribution is 0.282. The number of halogens is 2. The topological polar surface area (TPSA) is 29.5 Å². The first kappa shape index (κ1) is 11.6.